The van der Waals surface area contributed by atoms with Crippen LogP contribution in [0.5, 0.6) is 0 Å². The monoisotopic (exact) mass is 306 g/mol. The number of hydrogen-bond acceptors (Lipinski definition) is 1. The van der Waals surface area contributed by atoms with Gasteiger partial charge in [-0.25, -0.2) is 4.39 Å². The van der Waals surface area contributed by atoms with Gasteiger partial charge >= 0.3 is 0 Å². The number of benzene rings is 1. The van der Waals surface area contributed by atoms with Gasteiger partial charge in [0.25, 0.3) is 0 Å². The Bertz CT molecular complexity index is 597. The topological polar surface area (TPSA) is 0 Å². The molecule has 0 spiro atoms. The van der Waals surface area contributed by atoms with Crippen LogP contribution in [-0.2, 0) is 0 Å². The second-order valence-electron chi connectivity index (χ2n) is 6.11. The van der Waals surface area contributed by atoms with Crippen molar-refractivity contribution >= 4 is 11.3 Å². The highest BCUT2D eigenvalue weighted by molar-refractivity contribution is 7.15. The summed E-state index contributed by atoms with van der Waals surface area (Å²) in [4.78, 5) is 2.26. The molecule has 3 rings (SSSR count). The first kappa shape index (κ1) is 16.2. The van der Waals surface area contributed by atoms with Crippen LogP contribution in [0.25, 0.3) is 10.4 Å². The minimum atomic E-state index is -0.0667. The number of halogens is 1. The minimum absolute atomic E-state index is 0. The van der Waals surface area contributed by atoms with Crippen LogP contribution >= 0.6 is 11.3 Å². The van der Waals surface area contributed by atoms with Crippen molar-refractivity contribution in [3.05, 3.63) is 46.6 Å². The molecule has 2 heteroatoms. The van der Waals surface area contributed by atoms with Crippen LogP contribution in [0.15, 0.2) is 30.3 Å². The highest BCUT2D eigenvalue weighted by Gasteiger charge is 2.20. The van der Waals surface area contributed by atoms with E-state index in [-0.39, 0.29) is 14.7 Å². The van der Waals surface area contributed by atoms with Crippen LogP contribution < -0.4 is 0 Å². The Morgan fingerprint density at radius 1 is 1.10 bits per heavy atom. The third kappa shape index (κ3) is 3.55. The van der Waals surface area contributed by atoms with Gasteiger partial charge in [0.2, 0.25) is 0 Å². The molecule has 21 heavy (non-hydrogen) atoms. The second kappa shape index (κ2) is 6.74. The Labute approximate surface area is 133 Å². The van der Waals surface area contributed by atoms with E-state index in [1.54, 1.807) is 17.4 Å². The van der Waals surface area contributed by atoms with E-state index in [0.29, 0.717) is 5.92 Å². The van der Waals surface area contributed by atoms with Gasteiger partial charge in [-0.2, -0.15) is 0 Å². The van der Waals surface area contributed by atoms with E-state index in [4.69, 9.17) is 0 Å². The number of rotatable bonds is 2. The third-order valence-electron chi connectivity index (χ3n) is 4.49. The molecule has 0 N–H and O–H groups in total. The lowest BCUT2D eigenvalue weighted by molar-refractivity contribution is 0.347. The van der Waals surface area contributed by atoms with Crippen molar-refractivity contribution in [1.29, 1.82) is 0 Å². The van der Waals surface area contributed by atoms with Gasteiger partial charge in [-0.3, -0.25) is 0 Å². The highest BCUT2D eigenvalue weighted by atomic mass is 32.1. The average molecular weight is 306 g/mol. The van der Waals surface area contributed by atoms with Gasteiger partial charge in [0.05, 0.1) is 0 Å². The van der Waals surface area contributed by atoms with E-state index in [1.165, 1.54) is 36.1 Å². The summed E-state index contributed by atoms with van der Waals surface area (Å²) in [5.41, 5.74) is 1.93. The van der Waals surface area contributed by atoms with Gasteiger partial charge in [0.15, 0.2) is 0 Å². The van der Waals surface area contributed by atoms with Crippen LogP contribution in [0.1, 0.15) is 57.8 Å². The van der Waals surface area contributed by atoms with Gasteiger partial charge in [-0.05, 0) is 55.4 Å². The molecule has 1 aliphatic carbocycles. The van der Waals surface area contributed by atoms with Crippen molar-refractivity contribution in [3.63, 3.8) is 0 Å². The third-order valence-corrected chi connectivity index (χ3v) is 5.52. The van der Waals surface area contributed by atoms with Crippen molar-refractivity contribution in [2.24, 2.45) is 5.92 Å². The average Bonchev–Trinajstić information content (AvgIpc) is 2.86. The molecule has 0 radical (unpaired) electrons. The Morgan fingerprint density at radius 2 is 1.81 bits per heavy atom. The molecule has 1 saturated carbocycles. The summed E-state index contributed by atoms with van der Waals surface area (Å²) in [6, 6.07) is 9.93. The van der Waals surface area contributed by atoms with Crippen LogP contribution in [-0.4, -0.2) is 0 Å². The van der Waals surface area contributed by atoms with Gasteiger partial charge in [-0.1, -0.05) is 39.3 Å². The molecule has 0 amide bonds. The van der Waals surface area contributed by atoms with Crippen molar-refractivity contribution in [1.82, 2.24) is 0 Å². The molecule has 1 fully saturated rings. The Hall–Kier alpha value is -1.15. The van der Waals surface area contributed by atoms with E-state index in [9.17, 15) is 4.39 Å². The summed E-state index contributed by atoms with van der Waals surface area (Å²) in [5.74, 6) is 1.33. The maximum atomic E-state index is 14.4. The lowest BCUT2D eigenvalue weighted by atomic mass is 9.79. The van der Waals surface area contributed by atoms with E-state index < -0.39 is 0 Å². The van der Waals surface area contributed by atoms with Crippen molar-refractivity contribution < 1.29 is 5.82 Å². The number of aryl methyl sites for hydroxylation is 1. The fourth-order valence-electron chi connectivity index (χ4n) is 3.16. The largest absolute Gasteiger partial charge is 0.206 e. The normalized spacial score (nSPS) is 21.9. The first-order chi connectivity index (χ1) is 9.63. The van der Waals surface area contributed by atoms with E-state index >= 15 is 0 Å². The van der Waals surface area contributed by atoms with Gasteiger partial charge in [0, 0.05) is 16.7 Å². The Balaban J connectivity index is 0.00000121. The summed E-state index contributed by atoms with van der Waals surface area (Å²) in [6.07, 6.45) is 4.96. The molecule has 0 nitrogen and oxygen atoms in total. The fraction of sp³-hybridized carbons (Fsp3) is 0.474. The summed E-state index contributed by atoms with van der Waals surface area (Å²) >= 11 is 1.66. The maximum absolute atomic E-state index is 14.4. The molecule has 1 aliphatic rings. The molecule has 1 aromatic heterocycles. The van der Waals surface area contributed by atoms with Crippen LogP contribution in [0.3, 0.4) is 0 Å². The molecule has 1 aromatic carbocycles. The molecule has 0 bridgehead atoms. The Morgan fingerprint density at radius 3 is 2.38 bits per heavy atom. The molecule has 0 atom stereocenters. The Kier molecular flexibility index (Phi) is 5.21. The zero-order valence-electron chi connectivity index (χ0n) is 12.2. The molecular formula is C19H27FS. The van der Waals surface area contributed by atoms with Crippen LogP contribution in [0.4, 0.5) is 4.39 Å². The minimum Gasteiger partial charge on any atom is -0.206 e. The molecule has 116 valence electrons. The maximum Gasteiger partial charge on any atom is 0.132 e. The predicted octanol–water partition coefficient (Wildman–Crippen LogP) is 7.04. The van der Waals surface area contributed by atoms with Gasteiger partial charge < -0.3 is 0 Å². The second-order valence-corrected chi connectivity index (χ2v) is 7.39. The molecule has 1 heterocycles. The molecular weight excluding hydrogens is 279 g/mol. The van der Waals surface area contributed by atoms with Crippen LogP contribution in [0.2, 0.25) is 0 Å². The molecule has 0 unspecified atom stereocenters. The van der Waals surface area contributed by atoms with E-state index in [1.807, 2.05) is 12.1 Å². The predicted molar refractivity (Wildman–Crippen MR) is 93.7 cm³/mol. The molecule has 0 saturated heterocycles. The fourth-order valence-corrected chi connectivity index (χ4v) is 4.05. The molecule has 2 aromatic rings. The summed E-state index contributed by atoms with van der Waals surface area (Å²) in [5, 5.41) is 0. The lowest BCUT2D eigenvalue weighted by Gasteiger charge is -2.26. The summed E-state index contributed by atoms with van der Waals surface area (Å²) in [6.45, 7) is 4.38. The molecule has 0 aliphatic heterocycles. The number of thiophene rings is 1. The summed E-state index contributed by atoms with van der Waals surface area (Å²) < 4.78 is 14.4. The smallest absolute Gasteiger partial charge is 0.132 e. The quantitative estimate of drug-likeness (QED) is 0.558. The van der Waals surface area contributed by atoms with Crippen molar-refractivity contribution in [3.8, 4) is 10.4 Å². The zero-order chi connectivity index (χ0) is 14.1. The standard InChI is InChI=1S/C18H21FS.CH4.H2/c1-12-3-6-14(7-4-12)15-8-9-16(17(19)11-15)18-10-5-13(2)20-18;;/h5,8-12,14H,3-4,6-7H2,1-2H3;1H4;1H. The zero-order valence-corrected chi connectivity index (χ0v) is 13.0. The first-order valence-corrected chi connectivity index (χ1v) is 8.31. The number of hydrogen-bond donors (Lipinski definition) is 0. The van der Waals surface area contributed by atoms with Gasteiger partial charge in [0.1, 0.15) is 5.82 Å². The van der Waals surface area contributed by atoms with Gasteiger partial charge in [-0.15, -0.1) is 11.3 Å². The SMILES string of the molecule is C.Cc1ccc(-c2ccc(C3CCC(C)CC3)cc2F)s1.[HH]. The van der Waals surface area contributed by atoms with Crippen molar-refractivity contribution in [2.75, 3.05) is 0 Å². The summed E-state index contributed by atoms with van der Waals surface area (Å²) in [7, 11) is 0. The van der Waals surface area contributed by atoms with E-state index in [0.717, 1.165) is 16.4 Å². The first-order valence-electron chi connectivity index (χ1n) is 7.49. The van der Waals surface area contributed by atoms with Crippen molar-refractivity contribution in [2.45, 2.75) is 52.9 Å². The lowest BCUT2D eigenvalue weighted by Crippen LogP contribution is -2.11. The highest BCUT2D eigenvalue weighted by Crippen LogP contribution is 2.37. The van der Waals surface area contributed by atoms with Crippen LogP contribution in [0, 0.1) is 18.7 Å². The van der Waals surface area contributed by atoms with E-state index in [2.05, 4.69) is 26.0 Å².